The van der Waals surface area contributed by atoms with Gasteiger partial charge >= 0.3 is 0 Å². The van der Waals surface area contributed by atoms with Crippen LogP contribution in [0.25, 0.3) is 11.3 Å². The zero-order valence-corrected chi connectivity index (χ0v) is 10.3. The summed E-state index contributed by atoms with van der Waals surface area (Å²) in [5.41, 5.74) is 8.47. The second kappa shape index (κ2) is 3.94. The Labute approximate surface area is 105 Å². The van der Waals surface area contributed by atoms with E-state index >= 15 is 0 Å². The number of nitrogens with zero attached hydrogens (tertiary/aromatic N) is 1. The van der Waals surface area contributed by atoms with Gasteiger partial charge in [-0.2, -0.15) is 4.98 Å². The molecule has 1 aromatic heterocycles. The summed E-state index contributed by atoms with van der Waals surface area (Å²) in [7, 11) is 0. The Balaban J connectivity index is 2.16. The Hall–Kier alpha value is -2.17. The highest BCUT2D eigenvalue weighted by molar-refractivity contribution is 5.69. The zero-order chi connectivity index (χ0) is 12.7. The number of aryl methyl sites for hydroxylation is 2. The van der Waals surface area contributed by atoms with Gasteiger partial charge in [0.2, 0.25) is 6.79 Å². The summed E-state index contributed by atoms with van der Waals surface area (Å²) < 4.78 is 16.2. The van der Waals surface area contributed by atoms with E-state index in [1.807, 2.05) is 26.0 Å². The largest absolute Gasteiger partial charge is 0.454 e. The maximum Gasteiger partial charge on any atom is 0.292 e. The van der Waals surface area contributed by atoms with Crippen molar-refractivity contribution in [3.05, 3.63) is 23.4 Å². The Morgan fingerprint density at radius 3 is 2.72 bits per heavy atom. The molecule has 18 heavy (non-hydrogen) atoms. The van der Waals surface area contributed by atoms with E-state index in [2.05, 4.69) is 4.98 Å². The number of benzene rings is 1. The van der Waals surface area contributed by atoms with Crippen molar-refractivity contribution in [3.8, 4) is 22.8 Å². The van der Waals surface area contributed by atoms with Gasteiger partial charge in [-0.25, -0.2) is 0 Å². The van der Waals surface area contributed by atoms with Gasteiger partial charge < -0.3 is 19.6 Å². The molecule has 1 aromatic carbocycles. The van der Waals surface area contributed by atoms with Crippen molar-refractivity contribution in [1.29, 1.82) is 0 Å². The number of anilines is 1. The fraction of sp³-hybridized carbons (Fsp3) is 0.308. The number of nitrogens with two attached hydrogens (primary N) is 1. The van der Waals surface area contributed by atoms with Crippen molar-refractivity contribution in [2.24, 2.45) is 0 Å². The molecule has 0 unspecified atom stereocenters. The standard InChI is InChI=1S/C13H14N2O3/c1-3-9-12(18-13(14)15-9)8-5-11-10(4-7(8)2)16-6-17-11/h4-5H,3,6H2,1-2H3,(H2,14,15). The van der Waals surface area contributed by atoms with Gasteiger partial charge in [0.15, 0.2) is 17.3 Å². The van der Waals surface area contributed by atoms with E-state index in [-0.39, 0.29) is 12.8 Å². The molecule has 0 atom stereocenters. The van der Waals surface area contributed by atoms with Gasteiger partial charge in [-0.3, -0.25) is 0 Å². The van der Waals surface area contributed by atoms with Crippen LogP contribution >= 0.6 is 0 Å². The first-order valence-electron chi connectivity index (χ1n) is 5.85. The van der Waals surface area contributed by atoms with Crippen molar-refractivity contribution in [2.75, 3.05) is 12.5 Å². The lowest BCUT2D eigenvalue weighted by atomic mass is 10.0. The topological polar surface area (TPSA) is 70.5 Å². The smallest absolute Gasteiger partial charge is 0.292 e. The van der Waals surface area contributed by atoms with E-state index in [9.17, 15) is 0 Å². The van der Waals surface area contributed by atoms with E-state index < -0.39 is 0 Å². The van der Waals surface area contributed by atoms with E-state index in [1.54, 1.807) is 0 Å². The number of fused-ring (bicyclic) bond motifs is 1. The molecule has 3 rings (SSSR count). The molecule has 0 saturated heterocycles. The van der Waals surface area contributed by atoms with Crippen molar-refractivity contribution < 1.29 is 13.9 Å². The van der Waals surface area contributed by atoms with E-state index in [0.717, 1.165) is 34.7 Å². The van der Waals surface area contributed by atoms with Crippen molar-refractivity contribution in [3.63, 3.8) is 0 Å². The summed E-state index contributed by atoms with van der Waals surface area (Å²) in [6, 6.07) is 4.05. The predicted octanol–water partition coefficient (Wildman–Crippen LogP) is 2.52. The van der Waals surface area contributed by atoms with E-state index in [1.165, 1.54) is 0 Å². The second-order valence-corrected chi connectivity index (χ2v) is 4.20. The molecule has 2 aromatic rings. The summed E-state index contributed by atoms with van der Waals surface area (Å²) in [5.74, 6) is 2.21. The molecule has 1 aliphatic rings. The Morgan fingerprint density at radius 2 is 2.00 bits per heavy atom. The number of nitrogen functional groups attached to an aromatic ring is 1. The minimum Gasteiger partial charge on any atom is -0.454 e. The lowest BCUT2D eigenvalue weighted by Gasteiger charge is -2.05. The molecule has 5 heteroatoms. The molecule has 1 aliphatic heterocycles. The summed E-state index contributed by atoms with van der Waals surface area (Å²) in [6.07, 6.45) is 0.768. The predicted molar refractivity (Wildman–Crippen MR) is 66.6 cm³/mol. The van der Waals surface area contributed by atoms with Crippen LogP contribution in [0.3, 0.4) is 0 Å². The van der Waals surface area contributed by atoms with Gasteiger partial charge in [-0.1, -0.05) is 6.92 Å². The van der Waals surface area contributed by atoms with Gasteiger partial charge in [0.25, 0.3) is 6.01 Å². The highest BCUT2D eigenvalue weighted by Gasteiger charge is 2.20. The maximum atomic E-state index is 5.62. The van der Waals surface area contributed by atoms with Crippen LogP contribution in [0.1, 0.15) is 18.2 Å². The minimum absolute atomic E-state index is 0.193. The molecule has 2 N–H and O–H groups in total. The van der Waals surface area contributed by atoms with Gasteiger partial charge in [0.1, 0.15) is 0 Å². The highest BCUT2D eigenvalue weighted by atomic mass is 16.7. The lowest BCUT2D eigenvalue weighted by molar-refractivity contribution is 0.174. The molecule has 0 aliphatic carbocycles. The van der Waals surface area contributed by atoms with Gasteiger partial charge in [0.05, 0.1) is 5.69 Å². The maximum absolute atomic E-state index is 5.62. The summed E-state index contributed by atoms with van der Waals surface area (Å²) in [5, 5.41) is 0. The Morgan fingerprint density at radius 1 is 1.28 bits per heavy atom. The number of oxazole rings is 1. The number of aromatic nitrogens is 1. The van der Waals surface area contributed by atoms with Crippen LogP contribution in [0.4, 0.5) is 6.01 Å². The first-order valence-corrected chi connectivity index (χ1v) is 5.85. The quantitative estimate of drug-likeness (QED) is 0.881. The Kier molecular flexibility index (Phi) is 2.40. The fourth-order valence-electron chi connectivity index (χ4n) is 2.11. The number of hydrogen-bond acceptors (Lipinski definition) is 5. The monoisotopic (exact) mass is 246 g/mol. The number of ether oxygens (including phenoxy) is 2. The normalized spacial score (nSPS) is 13.0. The molecule has 0 amide bonds. The second-order valence-electron chi connectivity index (χ2n) is 4.20. The molecular weight excluding hydrogens is 232 g/mol. The lowest BCUT2D eigenvalue weighted by Crippen LogP contribution is -1.92. The summed E-state index contributed by atoms with van der Waals surface area (Å²) >= 11 is 0. The number of rotatable bonds is 2. The molecule has 2 heterocycles. The van der Waals surface area contributed by atoms with Crippen LogP contribution < -0.4 is 15.2 Å². The zero-order valence-electron chi connectivity index (χ0n) is 10.3. The van der Waals surface area contributed by atoms with Crippen molar-refractivity contribution in [2.45, 2.75) is 20.3 Å². The first kappa shape index (κ1) is 11.0. The average molecular weight is 246 g/mol. The average Bonchev–Trinajstić information content (AvgIpc) is 2.93. The Bertz CT molecular complexity index is 605. The third kappa shape index (κ3) is 1.59. The summed E-state index contributed by atoms with van der Waals surface area (Å²) in [4.78, 5) is 4.18. The molecule has 0 radical (unpaired) electrons. The third-order valence-corrected chi connectivity index (χ3v) is 3.01. The fourth-order valence-corrected chi connectivity index (χ4v) is 2.11. The molecule has 5 nitrogen and oxygen atoms in total. The first-order chi connectivity index (χ1) is 8.69. The van der Waals surface area contributed by atoms with Crippen LogP contribution in [-0.4, -0.2) is 11.8 Å². The molecule has 0 bridgehead atoms. The van der Waals surface area contributed by atoms with Crippen molar-refractivity contribution >= 4 is 6.01 Å². The van der Waals surface area contributed by atoms with Crippen LogP contribution in [0, 0.1) is 6.92 Å². The molecule has 0 fully saturated rings. The van der Waals surface area contributed by atoms with Gasteiger partial charge in [0, 0.05) is 5.56 Å². The molecular formula is C13H14N2O3. The highest BCUT2D eigenvalue weighted by Crippen LogP contribution is 2.39. The number of hydrogen-bond donors (Lipinski definition) is 1. The third-order valence-electron chi connectivity index (χ3n) is 3.01. The van der Waals surface area contributed by atoms with E-state index in [4.69, 9.17) is 19.6 Å². The van der Waals surface area contributed by atoms with Crippen LogP contribution in [0.15, 0.2) is 16.5 Å². The van der Waals surface area contributed by atoms with Crippen LogP contribution in [0.5, 0.6) is 11.5 Å². The van der Waals surface area contributed by atoms with Gasteiger partial charge in [-0.15, -0.1) is 0 Å². The molecule has 0 saturated carbocycles. The molecule has 94 valence electrons. The van der Waals surface area contributed by atoms with Crippen molar-refractivity contribution in [1.82, 2.24) is 4.98 Å². The van der Waals surface area contributed by atoms with E-state index in [0.29, 0.717) is 5.76 Å². The van der Waals surface area contributed by atoms with Crippen LogP contribution in [0.2, 0.25) is 0 Å². The minimum atomic E-state index is 0.193. The summed E-state index contributed by atoms with van der Waals surface area (Å²) in [6.45, 7) is 4.27. The molecule has 0 spiro atoms. The van der Waals surface area contributed by atoms with Gasteiger partial charge in [-0.05, 0) is 31.0 Å². The van der Waals surface area contributed by atoms with Crippen LogP contribution in [-0.2, 0) is 6.42 Å². The SMILES string of the molecule is CCc1nc(N)oc1-c1cc2c(cc1C)OCO2.